The van der Waals surface area contributed by atoms with Crippen molar-refractivity contribution in [1.82, 2.24) is 5.32 Å². The van der Waals surface area contributed by atoms with Crippen LogP contribution in [0.15, 0.2) is 35.3 Å². The molecule has 0 atom stereocenters. The Morgan fingerprint density at radius 2 is 1.83 bits per heavy atom. The summed E-state index contributed by atoms with van der Waals surface area (Å²) in [6.45, 7) is 6.09. The van der Waals surface area contributed by atoms with Crippen LogP contribution in [0.1, 0.15) is 31.2 Å². The van der Waals surface area contributed by atoms with Gasteiger partial charge in [-0.1, -0.05) is 22.0 Å². The topological polar surface area (TPSA) is 58.2 Å². The average molecular weight is 379 g/mol. The van der Waals surface area contributed by atoms with Crippen LogP contribution in [-0.4, -0.2) is 18.4 Å². The predicted molar refractivity (Wildman–Crippen MR) is 96.2 cm³/mol. The number of amides is 2. The molecule has 1 aliphatic carbocycles. The third-order valence-corrected chi connectivity index (χ3v) is 5.20. The van der Waals surface area contributed by atoms with Crippen LogP contribution in [0.3, 0.4) is 0 Å². The molecule has 0 aliphatic heterocycles. The smallest absolute Gasteiger partial charge is 0.227 e. The second kappa shape index (κ2) is 8.29. The van der Waals surface area contributed by atoms with Crippen LogP contribution in [0.5, 0.6) is 0 Å². The highest BCUT2D eigenvalue weighted by molar-refractivity contribution is 9.10. The van der Waals surface area contributed by atoms with Gasteiger partial charge < -0.3 is 10.6 Å². The molecule has 1 aromatic rings. The molecule has 1 fully saturated rings. The molecule has 5 heteroatoms. The summed E-state index contributed by atoms with van der Waals surface area (Å²) in [5.41, 5.74) is 1.91. The normalized spacial score (nSPS) is 20.6. The molecule has 1 aromatic carbocycles. The molecule has 2 N–H and O–H groups in total. The zero-order valence-corrected chi connectivity index (χ0v) is 15.0. The number of anilines is 1. The quantitative estimate of drug-likeness (QED) is 0.765. The van der Waals surface area contributed by atoms with Crippen molar-refractivity contribution < 1.29 is 9.59 Å². The maximum atomic E-state index is 12.4. The van der Waals surface area contributed by atoms with Crippen LogP contribution in [0, 0.1) is 18.8 Å². The first-order valence-electron chi connectivity index (χ1n) is 7.97. The maximum absolute atomic E-state index is 12.4. The predicted octanol–water partition coefficient (Wildman–Crippen LogP) is 3.80. The fourth-order valence-corrected chi connectivity index (χ4v) is 3.15. The van der Waals surface area contributed by atoms with E-state index in [9.17, 15) is 9.59 Å². The molecular formula is C18H23BrN2O2. The highest BCUT2D eigenvalue weighted by Gasteiger charge is 2.29. The van der Waals surface area contributed by atoms with Gasteiger partial charge >= 0.3 is 0 Å². The molecule has 0 unspecified atom stereocenters. The van der Waals surface area contributed by atoms with E-state index in [2.05, 4.69) is 33.1 Å². The molecule has 0 spiro atoms. The maximum Gasteiger partial charge on any atom is 0.227 e. The molecule has 0 radical (unpaired) electrons. The van der Waals surface area contributed by atoms with Gasteiger partial charge in [-0.15, -0.1) is 6.58 Å². The molecule has 124 valence electrons. The van der Waals surface area contributed by atoms with Crippen molar-refractivity contribution in [2.24, 2.45) is 11.8 Å². The lowest BCUT2D eigenvalue weighted by Crippen LogP contribution is -2.35. The minimum absolute atomic E-state index is 0.0117. The third kappa shape index (κ3) is 4.93. The fraction of sp³-hybridized carbons (Fsp3) is 0.444. The second-order valence-corrected chi connectivity index (χ2v) is 6.89. The first-order chi connectivity index (χ1) is 11.0. The van der Waals surface area contributed by atoms with E-state index in [1.807, 2.05) is 25.1 Å². The zero-order valence-electron chi connectivity index (χ0n) is 13.4. The van der Waals surface area contributed by atoms with E-state index in [4.69, 9.17) is 0 Å². The highest BCUT2D eigenvalue weighted by Crippen LogP contribution is 2.30. The van der Waals surface area contributed by atoms with Crippen molar-refractivity contribution in [2.45, 2.75) is 32.6 Å². The van der Waals surface area contributed by atoms with Crippen molar-refractivity contribution in [3.8, 4) is 0 Å². The summed E-state index contributed by atoms with van der Waals surface area (Å²) in [4.78, 5) is 24.3. The number of carbonyl (C=O) groups is 2. The number of rotatable bonds is 5. The number of carbonyl (C=O) groups excluding carboxylic acids is 2. The number of halogens is 1. The van der Waals surface area contributed by atoms with Crippen LogP contribution in [-0.2, 0) is 9.59 Å². The molecule has 23 heavy (non-hydrogen) atoms. The van der Waals surface area contributed by atoms with E-state index in [1.54, 1.807) is 6.08 Å². The van der Waals surface area contributed by atoms with Crippen LogP contribution in [0.2, 0.25) is 0 Å². The Kier molecular flexibility index (Phi) is 6.39. The molecule has 0 heterocycles. The van der Waals surface area contributed by atoms with Gasteiger partial charge in [0, 0.05) is 28.5 Å². The lowest BCUT2D eigenvalue weighted by Gasteiger charge is -2.27. The van der Waals surface area contributed by atoms with Gasteiger partial charge in [0.05, 0.1) is 0 Å². The number of hydrogen-bond acceptors (Lipinski definition) is 2. The van der Waals surface area contributed by atoms with E-state index in [0.717, 1.165) is 41.4 Å². The Bertz CT molecular complexity index is 593. The second-order valence-electron chi connectivity index (χ2n) is 6.04. The fourth-order valence-electron chi connectivity index (χ4n) is 2.90. The van der Waals surface area contributed by atoms with Crippen LogP contribution in [0.4, 0.5) is 5.69 Å². The minimum atomic E-state index is -0.0117. The first-order valence-corrected chi connectivity index (χ1v) is 8.76. The summed E-state index contributed by atoms with van der Waals surface area (Å²) in [5, 5.41) is 5.82. The zero-order chi connectivity index (χ0) is 16.8. The molecule has 0 aromatic heterocycles. The standard InChI is InChI=1S/C18H23BrN2O2/c1-3-10-20-17(22)13-4-6-14(7-5-13)18(23)21-15-8-9-16(19)12(2)11-15/h3,8-9,11,13-14H,1,4-7,10H2,2H3,(H,20,22)(H,21,23). The SMILES string of the molecule is C=CCNC(=O)C1CCC(C(=O)Nc2ccc(Br)c(C)c2)CC1. The molecule has 4 nitrogen and oxygen atoms in total. The van der Waals surface area contributed by atoms with Gasteiger partial charge in [0.1, 0.15) is 0 Å². The monoisotopic (exact) mass is 378 g/mol. The van der Waals surface area contributed by atoms with E-state index < -0.39 is 0 Å². The molecule has 0 saturated heterocycles. The van der Waals surface area contributed by atoms with Gasteiger partial charge in [-0.05, 0) is 56.4 Å². The van der Waals surface area contributed by atoms with E-state index >= 15 is 0 Å². The molecule has 1 aliphatic rings. The Morgan fingerprint density at radius 3 is 2.39 bits per heavy atom. The summed E-state index contributed by atoms with van der Waals surface area (Å²) in [7, 11) is 0. The Morgan fingerprint density at radius 1 is 1.22 bits per heavy atom. The van der Waals surface area contributed by atoms with Crippen LogP contribution < -0.4 is 10.6 Å². The summed E-state index contributed by atoms with van der Waals surface area (Å²) in [6, 6.07) is 5.78. The van der Waals surface area contributed by atoms with Crippen molar-refractivity contribution in [3.63, 3.8) is 0 Å². The van der Waals surface area contributed by atoms with Gasteiger partial charge in [-0.2, -0.15) is 0 Å². The third-order valence-electron chi connectivity index (χ3n) is 4.31. The Balaban J connectivity index is 1.84. The van der Waals surface area contributed by atoms with E-state index in [0.29, 0.717) is 6.54 Å². The molecular weight excluding hydrogens is 356 g/mol. The van der Waals surface area contributed by atoms with E-state index in [-0.39, 0.29) is 23.7 Å². The van der Waals surface area contributed by atoms with Crippen molar-refractivity contribution in [2.75, 3.05) is 11.9 Å². The van der Waals surface area contributed by atoms with Crippen molar-refractivity contribution >= 4 is 33.4 Å². The first kappa shape index (κ1) is 17.7. The van der Waals surface area contributed by atoms with Gasteiger partial charge in [-0.25, -0.2) is 0 Å². The summed E-state index contributed by atoms with van der Waals surface area (Å²) < 4.78 is 1.03. The number of nitrogens with one attached hydrogen (secondary N) is 2. The highest BCUT2D eigenvalue weighted by atomic mass is 79.9. The van der Waals surface area contributed by atoms with Gasteiger partial charge in [0.25, 0.3) is 0 Å². The molecule has 1 saturated carbocycles. The summed E-state index contributed by atoms with van der Waals surface area (Å²) >= 11 is 3.45. The number of benzene rings is 1. The van der Waals surface area contributed by atoms with Crippen LogP contribution >= 0.6 is 15.9 Å². The van der Waals surface area contributed by atoms with Crippen molar-refractivity contribution in [1.29, 1.82) is 0 Å². The number of hydrogen-bond donors (Lipinski definition) is 2. The average Bonchev–Trinajstić information content (AvgIpc) is 2.56. The molecule has 2 amide bonds. The lowest BCUT2D eigenvalue weighted by atomic mass is 9.81. The van der Waals surface area contributed by atoms with Gasteiger partial charge in [-0.3, -0.25) is 9.59 Å². The molecule has 0 bridgehead atoms. The largest absolute Gasteiger partial charge is 0.352 e. The Hall–Kier alpha value is -1.62. The Labute approximate surface area is 145 Å². The van der Waals surface area contributed by atoms with E-state index in [1.165, 1.54) is 0 Å². The minimum Gasteiger partial charge on any atom is -0.352 e. The van der Waals surface area contributed by atoms with Gasteiger partial charge in [0.2, 0.25) is 11.8 Å². The summed E-state index contributed by atoms with van der Waals surface area (Å²) in [5.74, 6) is 0.139. The van der Waals surface area contributed by atoms with Crippen molar-refractivity contribution in [3.05, 3.63) is 40.9 Å². The van der Waals surface area contributed by atoms with Gasteiger partial charge in [0.15, 0.2) is 0 Å². The number of aryl methyl sites for hydroxylation is 1. The summed E-state index contributed by atoms with van der Waals surface area (Å²) in [6.07, 6.45) is 4.72. The molecule has 2 rings (SSSR count). The van der Waals surface area contributed by atoms with Crippen LogP contribution in [0.25, 0.3) is 0 Å². The lowest BCUT2D eigenvalue weighted by molar-refractivity contribution is -0.128.